The van der Waals surface area contributed by atoms with Crippen LogP contribution in [0.3, 0.4) is 0 Å². The van der Waals surface area contributed by atoms with E-state index in [2.05, 4.69) is 209 Å². The summed E-state index contributed by atoms with van der Waals surface area (Å²) in [6, 6.07) is 32.0. The van der Waals surface area contributed by atoms with Crippen molar-refractivity contribution >= 4 is 92.4 Å². The second-order valence-corrected chi connectivity index (χ2v) is 44.6. The van der Waals surface area contributed by atoms with E-state index in [1.807, 2.05) is 171 Å². The molecule has 0 radical (unpaired) electrons. The Balaban J connectivity index is 0. The van der Waals surface area contributed by atoms with Gasteiger partial charge in [0.2, 0.25) is 11.8 Å². The van der Waals surface area contributed by atoms with Crippen LogP contribution >= 0.6 is 41.3 Å². The average molecular weight is 1600 g/mol. The predicted octanol–water partition coefficient (Wildman–Crippen LogP) is 23.0. The molecule has 1 aliphatic carbocycles. The van der Waals surface area contributed by atoms with Crippen LogP contribution in [0.2, 0.25) is 0 Å². The standard InChI is InChI=1S/C25H25O3P.C17H26N2O2.C10H17NOS.C9H13NS2.C8H16O.C8H14.C6H12.C6H10.C5H12.CH5N/c1-25(2,3)23(26)18-15-16-21(24(27)28-4)22(17-18)29(19-11-7-5-8-12-19)20-13-9-6-10-14-20;1-12-5-10-15(20)19(12)11-13-6-8-14(9-7-13)16(21)18-17(2,3)4;1-10(2,3)9-8-6(5-13-9)4-7(12)11-8;1-9(2,3)12-11-8-6-4-5-7-10-8;1-5-7(9)6-8(2,3)4;1-5-6-7-8(2,3)4;2*1-5-6(2,3)4;1-5(2,3)4;1-2/h5-17H,1-4H3;5,10,13-14H,1,6-9,11H2,2-4H3,(H,18,21);6,8-9H,4-5H2,1-3H3,(H,11,12);4-7H,1-3H3;5-6H2,1-4H3;5-7H,1H2,2-4H3;5H,1H2,2-4H3;1H,2-4H3;1-4H3;2H2,1H3/b;;;;;7-6-;;;;. The number of aromatic nitrogens is 1. The van der Waals surface area contributed by atoms with E-state index in [1.165, 1.54) is 14.2 Å². The number of hydrogen-bond acceptors (Lipinski definition) is 12. The smallest absolute Gasteiger partial charge is 0.338 e. The molecule has 12 nitrogen and oxygen atoms in total. The summed E-state index contributed by atoms with van der Waals surface area (Å²) in [5.74, 6) is 5.43. The summed E-state index contributed by atoms with van der Waals surface area (Å²) in [5, 5.41) is 10.9. The maximum atomic E-state index is 13.0. The van der Waals surface area contributed by atoms with Gasteiger partial charge in [0.15, 0.2) is 5.78 Å². The number of nitrogens with one attached hydrogen (secondary N) is 2. The summed E-state index contributed by atoms with van der Waals surface area (Å²) in [5.41, 5.74) is 7.37. The molecule has 0 spiro atoms. The molecule has 2 saturated heterocycles. The van der Waals surface area contributed by atoms with Gasteiger partial charge in [-0.15, -0.1) is 18.9 Å². The fourth-order valence-electron chi connectivity index (χ4n) is 10.2. The third-order valence-corrected chi connectivity index (χ3v) is 23.4. The van der Waals surface area contributed by atoms with E-state index in [0.717, 1.165) is 71.0 Å². The number of esters is 1. The molecule has 8 rings (SSSR count). The van der Waals surface area contributed by atoms with Gasteiger partial charge < -0.3 is 26.0 Å². The first-order chi connectivity index (χ1) is 50.8. The minimum atomic E-state index is -1.03. The van der Waals surface area contributed by atoms with Crippen molar-refractivity contribution in [2.75, 3.05) is 26.5 Å². The predicted molar refractivity (Wildman–Crippen MR) is 488 cm³/mol. The maximum Gasteiger partial charge on any atom is 0.338 e. The van der Waals surface area contributed by atoms with Gasteiger partial charge in [-0.2, -0.15) is 11.8 Å². The van der Waals surface area contributed by atoms with E-state index in [-0.39, 0.29) is 45.8 Å². The molecular formula is C95H150N5O7PS3. The third kappa shape index (κ3) is 50.5. The number of carbonyl (C=O) groups excluding carboxylic acids is 6. The Hall–Kier alpha value is -6.27. The molecule has 16 heteroatoms. The largest absolute Gasteiger partial charge is 0.465 e. The van der Waals surface area contributed by atoms with Crippen LogP contribution in [0.15, 0.2) is 170 Å². The van der Waals surface area contributed by atoms with Crippen molar-refractivity contribution in [3.8, 4) is 12.3 Å². The number of pyridine rings is 1. The lowest BCUT2D eigenvalue weighted by Gasteiger charge is -2.32. The molecule has 4 aromatic rings. The summed E-state index contributed by atoms with van der Waals surface area (Å²) >= 11 is 2.03. The van der Waals surface area contributed by atoms with E-state index in [1.54, 1.807) is 46.1 Å². The number of Topliss-reactive ketones (excluding diaryl/α,β-unsaturated/α-hetero) is 2. The van der Waals surface area contributed by atoms with E-state index >= 15 is 0 Å². The number of nitrogens with zero attached hydrogens (tertiary/aromatic N) is 2. The molecule has 4 N–H and O–H groups in total. The highest BCUT2D eigenvalue weighted by Crippen LogP contribution is 2.45. The topological polar surface area (TPSA) is 178 Å². The molecule has 3 atom stereocenters. The van der Waals surface area contributed by atoms with Crippen LogP contribution in [0.25, 0.3) is 0 Å². The average Bonchev–Trinajstić information content (AvgIpc) is 1.74. The van der Waals surface area contributed by atoms with Crippen LogP contribution in [0, 0.1) is 68.0 Å². The summed E-state index contributed by atoms with van der Waals surface area (Å²) < 4.78 is 5.35. The van der Waals surface area contributed by atoms with Gasteiger partial charge in [-0.1, -0.05) is 280 Å². The van der Waals surface area contributed by atoms with Gasteiger partial charge in [0.1, 0.15) is 10.8 Å². The molecule has 620 valence electrons. The lowest BCUT2D eigenvalue weighted by molar-refractivity contribution is -0.128. The van der Waals surface area contributed by atoms with Crippen molar-refractivity contribution in [2.24, 2.45) is 61.4 Å². The molecule has 1 saturated carbocycles. The zero-order chi connectivity index (χ0) is 86.3. The second kappa shape index (κ2) is 50.2. The maximum absolute atomic E-state index is 13.0. The number of allylic oxidation sites excluding steroid dienone is 5. The molecule has 4 aliphatic rings. The molecule has 0 bridgehead atoms. The summed E-state index contributed by atoms with van der Waals surface area (Å²) in [4.78, 5) is 77.4. The second-order valence-electron chi connectivity index (χ2n) is 38.2. The molecular weight excluding hydrogens is 1450 g/mol. The molecule has 1 aromatic heterocycles. The Bertz CT molecular complexity index is 3490. The van der Waals surface area contributed by atoms with E-state index in [9.17, 15) is 28.8 Å². The number of carbonyl (C=O) groups is 6. The normalized spacial score (nSPS) is 17.4. The van der Waals surface area contributed by atoms with Gasteiger partial charge in [0.05, 0.1) is 12.7 Å². The van der Waals surface area contributed by atoms with Gasteiger partial charge in [-0.3, -0.25) is 24.0 Å². The molecule has 3 aromatic carbocycles. The van der Waals surface area contributed by atoms with Gasteiger partial charge in [0.25, 0.3) is 5.91 Å². The molecule has 3 fully saturated rings. The van der Waals surface area contributed by atoms with Crippen LogP contribution in [0.5, 0.6) is 0 Å². The number of ketones is 2. The van der Waals surface area contributed by atoms with Crippen molar-refractivity contribution in [3.63, 3.8) is 0 Å². The van der Waals surface area contributed by atoms with Gasteiger partial charge in [-0.05, 0) is 179 Å². The number of ether oxygens (including phenoxy) is 1. The Labute approximate surface area is 690 Å². The van der Waals surface area contributed by atoms with Crippen molar-refractivity contribution in [3.05, 3.63) is 176 Å². The summed E-state index contributed by atoms with van der Waals surface area (Å²) in [6.07, 6.45) is 24.0. The fraction of sp³-hybridized carbons (Fsp3) is 0.568. The Morgan fingerprint density at radius 1 is 0.730 bits per heavy atom. The lowest BCUT2D eigenvalue weighted by Crippen LogP contribution is -2.45. The minimum Gasteiger partial charge on any atom is -0.465 e. The first kappa shape index (κ1) is 107. The van der Waals surface area contributed by atoms with E-state index in [0.29, 0.717) is 79.3 Å². The molecule has 3 aliphatic heterocycles. The lowest BCUT2D eigenvalue weighted by atomic mass is 9.81. The molecule has 111 heavy (non-hydrogen) atoms. The Morgan fingerprint density at radius 3 is 1.58 bits per heavy atom. The van der Waals surface area contributed by atoms with Crippen molar-refractivity contribution in [1.29, 1.82) is 0 Å². The number of thioether (sulfide) groups is 1. The first-order valence-corrected chi connectivity index (χ1v) is 43.7. The number of terminal acetylenes is 1. The first-order valence-electron chi connectivity index (χ1n) is 39.2. The highest BCUT2D eigenvalue weighted by atomic mass is 33.1. The van der Waals surface area contributed by atoms with Crippen molar-refractivity contribution < 1.29 is 33.5 Å². The van der Waals surface area contributed by atoms with E-state index < -0.39 is 19.3 Å². The molecule has 3 unspecified atom stereocenters. The van der Waals surface area contributed by atoms with Crippen LogP contribution in [0.4, 0.5) is 0 Å². The van der Waals surface area contributed by atoms with Crippen LogP contribution in [-0.2, 0) is 23.9 Å². The highest BCUT2D eigenvalue weighted by Gasteiger charge is 2.47. The van der Waals surface area contributed by atoms with Gasteiger partial charge in [0, 0.05) is 93.0 Å². The van der Waals surface area contributed by atoms with Crippen molar-refractivity contribution in [2.45, 2.75) is 272 Å². The number of rotatable bonds is 13. The van der Waals surface area contributed by atoms with Crippen LogP contribution in [0.1, 0.15) is 266 Å². The third-order valence-electron chi connectivity index (χ3n) is 15.7. The number of amides is 3. The monoisotopic (exact) mass is 1600 g/mol. The number of benzene rings is 3. The quantitative estimate of drug-likeness (QED) is 0.0220. The van der Waals surface area contributed by atoms with Crippen molar-refractivity contribution in [1.82, 2.24) is 20.5 Å². The van der Waals surface area contributed by atoms with Crippen LogP contribution < -0.4 is 32.3 Å². The Morgan fingerprint density at radius 2 is 1.23 bits per heavy atom. The summed E-state index contributed by atoms with van der Waals surface area (Å²) in [7, 11) is 5.42. The van der Waals surface area contributed by atoms with Crippen LogP contribution in [-0.4, -0.2) is 93.2 Å². The SMILES string of the molecule is C#CC(C)(C)C.C=C/C=C\C(C)(C)C.C=C1C=CC(=O)N1CC1CCC(C(=O)NC(C)(C)C)CC1.C=CC(C)(C)C.CC(C)(C)C.CC(C)(C)C1SCC2CC(=O)NC21.CC(C)(C)SSc1ccccn1.CCC(=O)CC(C)(C)C.CN.COC(=O)c1ccc(C(=O)C(C)(C)C)cc1P(c1ccccc1)c1ccccc1. The fourth-order valence-corrected chi connectivity index (χ4v) is 16.3. The number of fused-ring (bicyclic) bond motifs is 1. The Kier molecular flexibility index (Phi) is 48.3. The van der Waals surface area contributed by atoms with Gasteiger partial charge in [-0.25, -0.2) is 9.78 Å². The van der Waals surface area contributed by atoms with E-state index in [4.69, 9.17) is 11.2 Å². The summed E-state index contributed by atoms with van der Waals surface area (Å²) in [6.45, 7) is 72.7. The van der Waals surface area contributed by atoms with Gasteiger partial charge >= 0.3 is 5.97 Å². The number of methoxy groups -OCH3 is 1. The highest BCUT2D eigenvalue weighted by molar-refractivity contribution is 8.77. The minimum absolute atomic E-state index is 0.0348. The molecule has 3 amide bonds. The molecule has 4 heterocycles. The zero-order valence-corrected chi connectivity index (χ0v) is 78.1. The number of nitrogens with two attached hydrogens (primary N) is 1. The number of hydrogen-bond donors (Lipinski definition) is 3. The zero-order valence-electron chi connectivity index (χ0n) is 74.7.